The zero-order valence-corrected chi connectivity index (χ0v) is 13.0. The molecule has 1 aromatic rings. The van der Waals surface area contributed by atoms with Crippen molar-refractivity contribution in [1.29, 1.82) is 0 Å². The first-order valence-corrected chi connectivity index (χ1v) is 8.40. The van der Waals surface area contributed by atoms with Crippen LogP contribution in [-0.2, 0) is 11.3 Å². The van der Waals surface area contributed by atoms with Gasteiger partial charge in [0.15, 0.2) is 0 Å². The maximum atomic E-state index is 13.0. The topological polar surface area (TPSA) is 46.3 Å². The largest absolute Gasteiger partial charge is 0.338 e. The van der Waals surface area contributed by atoms with E-state index in [1.54, 1.807) is 12.1 Å². The molecule has 2 aliphatic rings. The van der Waals surface area contributed by atoms with Gasteiger partial charge < -0.3 is 10.6 Å². The van der Waals surface area contributed by atoms with Gasteiger partial charge in [-0.25, -0.2) is 4.39 Å². The minimum atomic E-state index is -0.234. The van der Waals surface area contributed by atoms with Crippen molar-refractivity contribution in [3.8, 4) is 0 Å². The highest BCUT2D eigenvalue weighted by Crippen LogP contribution is 2.32. The molecular formula is C18H25FN2O. The van der Waals surface area contributed by atoms with Crippen LogP contribution in [0.5, 0.6) is 0 Å². The molecule has 0 aromatic heterocycles. The zero-order valence-electron chi connectivity index (χ0n) is 13.0. The van der Waals surface area contributed by atoms with E-state index in [4.69, 9.17) is 5.73 Å². The fraction of sp³-hybridized carbons (Fsp3) is 0.611. The molecule has 2 atom stereocenters. The van der Waals surface area contributed by atoms with E-state index >= 15 is 0 Å². The number of carbonyl (C=O) groups excluding carboxylic acids is 1. The summed E-state index contributed by atoms with van der Waals surface area (Å²) >= 11 is 0. The Kier molecular flexibility index (Phi) is 4.77. The van der Waals surface area contributed by atoms with Crippen LogP contribution in [0.2, 0.25) is 0 Å². The predicted octanol–water partition coefficient (Wildman–Crippen LogP) is 3.08. The van der Waals surface area contributed by atoms with Crippen LogP contribution in [0.4, 0.5) is 4.39 Å². The SMILES string of the molecule is NC1CCCC(C(=O)N(Cc2ccc(F)cc2)CC2CC2)C1. The fourth-order valence-electron chi connectivity index (χ4n) is 3.36. The molecule has 2 aliphatic carbocycles. The average molecular weight is 304 g/mol. The maximum Gasteiger partial charge on any atom is 0.226 e. The van der Waals surface area contributed by atoms with Gasteiger partial charge in [0.1, 0.15) is 5.82 Å². The first-order valence-electron chi connectivity index (χ1n) is 8.40. The van der Waals surface area contributed by atoms with Gasteiger partial charge in [-0.15, -0.1) is 0 Å². The molecule has 0 spiro atoms. The smallest absolute Gasteiger partial charge is 0.226 e. The Morgan fingerprint density at radius 3 is 2.55 bits per heavy atom. The van der Waals surface area contributed by atoms with E-state index in [0.717, 1.165) is 37.8 Å². The van der Waals surface area contributed by atoms with Gasteiger partial charge in [0, 0.05) is 25.0 Å². The summed E-state index contributed by atoms with van der Waals surface area (Å²) in [5.41, 5.74) is 7.03. The summed E-state index contributed by atoms with van der Waals surface area (Å²) in [5.74, 6) is 0.734. The van der Waals surface area contributed by atoms with Crippen LogP contribution >= 0.6 is 0 Å². The van der Waals surface area contributed by atoms with E-state index < -0.39 is 0 Å². The molecule has 2 unspecified atom stereocenters. The molecule has 0 radical (unpaired) electrons. The van der Waals surface area contributed by atoms with Crippen molar-refractivity contribution in [3.63, 3.8) is 0 Å². The molecule has 3 nitrogen and oxygen atoms in total. The Balaban J connectivity index is 1.67. The lowest BCUT2D eigenvalue weighted by atomic mass is 9.85. The van der Waals surface area contributed by atoms with Crippen LogP contribution in [0.15, 0.2) is 24.3 Å². The minimum Gasteiger partial charge on any atom is -0.338 e. The number of nitrogens with zero attached hydrogens (tertiary/aromatic N) is 1. The number of halogens is 1. The van der Waals surface area contributed by atoms with Gasteiger partial charge in [0.2, 0.25) is 5.91 Å². The standard InChI is InChI=1S/C18H25FN2O/c19-16-8-6-14(7-9-16)12-21(11-13-4-5-13)18(22)15-2-1-3-17(20)10-15/h6-9,13,15,17H,1-5,10-12,20H2. The molecule has 2 saturated carbocycles. The fourth-order valence-corrected chi connectivity index (χ4v) is 3.36. The van der Waals surface area contributed by atoms with Crippen molar-refractivity contribution in [2.24, 2.45) is 17.6 Å². The number of hydrogen-bond acceptors (Lipinski definition) is 2. The lowest BCUT2D eigenvalue weighted by Gasteiger charge is -2.31. The van der Waals surface area contributed by atoms with Gasteiger partial charge in [-0.2, -0.15) is 0 Å². The Labute approximate surface area is 131 Å². The summed E-state index contributed by atoms with van der Waals surface area (Å²) in [5, 5.41) is 0. The minimum absolute atomic E-state index is 0.0722. The third kappa shape index (κ3) is 4.07. The van der Waals surface area contributed by atoms with Crippen molar-refractivity contribution in [2.45, 2.75) is 51.1 Å². The van der Waals surface area contributed by atoms with E-state index in [1.807, 2.05) is 4.90 Å². The maximum absolute atomic E-state index is 13.0. The lowest BCUT2D eigenvalue weighted by Crippen LogP contribution is -2.41. The number of rotatable bonds is 5. The number of carbonyl (C=O) groups is 1. The molecule has 4 heteroatoms. The Morgan fingerprint density at radius 2 is 1.91 bits per heavy atom. The molecular weight excluding hydrogens is 279 g/mol. The second kappa shape index (κ2) is 6.78. The van der Waals surface area contributed by atoms with Crippen LogP contribution < -0.4 is 5.73 Å². The predicted molar refractivity (Wildman–Crippen MR) is 84.5 cm³/mol. The van der Waals surface area contributed by atoms with Crippen molar-refractivity contribution >= 4 is 5.91 Å². The molecule has 0 aliphatic heterocycles. The number of amides is 1. The van der Waals surface area contributed by atoms with Gasteiger partial charge in [-0.3, -0.25) is 4.79 Å². The summed E-state index contributed by atoms with van der Waals surface area (Å²) in [7, 11) is 0. The molecule has 22 heavy (non-hydrogen) atoms. The van der Waals surface area contributed by atoms with Crippen LogP contribution in [0.3, 0.4) is 0 Å². The summed E-state index contributed by atoms with van der Waals surface area (Å²) in [4.78, 5) is 14.9. The third-order valence-electron chi connectivity index (χ3n) is 4.84. The molecule has 0 heterocycles. The van der Waals surface area contributed by atoms with Gasteiger partial charge in [0.05, 0.1) is 0 Å². The third-order valence-corrected chi connectivity index (χ3v) is 4.84. The summed E-state index contributed by atoms with van der Waals surface area (Å²) in [6.07, 6.45) is 6.28. The Hall–Kier alpha value is -1.42. The van der Waals surface area contributed by atoms with Crippen molar-refractivity contribution in [3.05, 3.63) is 35.6 Å². The normalized spacial score (nSPS) is 25.0. The van der Waals surface area contributed by atoms with E-state index in [2.05, 4.69) is 0 Å². The van der Waals surface area contributed by atoms with Crippen molar-refractivity contribution in [1.82, 2.24) is 4.90 Å². The van der Waals surface area contributed by atoms with E-state index in [1.165, 1.54) is 25.0 Å². The van der Waals surface area contributed by atoms with Crippen LogP contribution in [0.25, 0.3) is 0 Å². The second-order valence-corrected chi connectivity index (χ2v) is 6.91. The van der Waals surface area contributed by atoms with E-state index in [9.17, 15) is 9.18 Å². The molecule has 0 bridgehead atoms. The van der Waals surface area contributed by atoms with Gasteiger partial charge in [-0.1, -0.05) is 18.6 Å². The molecule has 120 valence electrons. The van der Waals surface area contributed by atoms with Crippen LogP contribution in [0, 0.1) is 17.7 Å². The molecule has 3 rings (SSSR count). The first kappa shape index (κ1) is 15.5. The van der Waals surface area contributed by atoms with E-state index in [-0.39, 0.29) is 23.7 Å². The molecule has 1 aromatic carbocycles. The molecule has 0 saturated heterocycles. The summed E-state index contributed by atoms with van der Waals surface area (Å²) < 4.78 is 13.0. The van der Waals surface area contributed by atoms with Crippen LogP contribution in [0.1, 0.15) is 44.1 Å². The number of hydrogen-bond donors (Lipinski definition) is 1. The molecule has 2 fully saturated rings. The highest BCUT2D eigenvalue weighted by molar-refractivity contribution is 5.79. The van der Waals surface area contributed by atoms with Gasteiger partial charge >= 0.3 is 0 Å². The molecule has 1 amide bonds. The summed E-state index contributed by atoms with van der Waals surface area (Å²) in [6, 6.07) is 6.64. The van der Waals surface area contributed by atoms with Crippen LogP contribution in [-0.4, -0.2) is 23.4 Å². The lowest BCUT2D eigenvalue weighted by molar-refractivity contribution is -0.137. The van der Waals surface area contributed by atoms with Gasteiger partial charge in [0.25, 0.3) is 0 Å². The first-order chi connectivity index (χ1) is 10.6. The second-order valence-electron chi connectivity index (χ2n) is 6.91. The van der Waals surface area contributed by atoms with Crippen molar-refractivity contribution < 1.29 is 9.18 Å². The number of benzene rings is 1. The van der Waals surface area contributed by atoms with Gasteiger partial charge in [-0.05, 0) is 55.7 Å². The quantitative estimate of drug-likeness (QED) is 0.908. The monoisotopic (exact) mass is 304 g/mol. The highest BCUT2D eigenvalue weighted by Gasteiger charge is 2.32. The Bertz CT molecular complexity index is 512. The summed E-state index contributed by atoms with van der Waals surface area (Å²) in [6.45, 7) is 1.42. The average Bonchev–Trinajstić information content (AvgIpc) is 3.32. The molecule has 2 N–H and O–H groups in total. The zero-order chi connectivity index (χ0) is 15.5. The van der Waals surface area contributed by atoms with E-state index in [0.29, 0.717) is 12.5 Å². The Morgan fingerprint density at radius 1 is 1.18 bits per heavy atom. The van der Waals surface area contributed by atoms with Crippen molar-refractivity contribution in [2.75, 3.05) is 6.54 Å². The highest BCUT2D eigenvalue weighted by atomic mass is 19.1. The number of nitrogens with two attached hydrogens (primary N) is 1.